The Kier molecular flexibility index (Phi) is 4.58. The van der Waals surface area contributed by atoms with Crippen LogP contribution in [0.5, 0.6) is 11.5 Å². The minimum Gasteiger partial charge on any atom is -0.504 e. The van der Waals surface area contributed by atoms with Gasteiger partial charge >= 0.3 is 0 Å². The van der Waals surface area contributed by atoms with Crippen molar-refractivity contribution in [1.82, 2.24) is 9.80 Å². The third-order valence-corrected chi connectivity index (χ3v) is 9.85. The van der Waals surface area contributed by atoms with E-state index in [2.05, 4.69) is 11.8 Å². The smallest absolute Gasteiger partial charge is 0.256 e. The summed E-state index contributed by atoms with van der Waals surface area (Å²) in [7, 11) is 0. The van der Waals surface area contributed by atoms with Crippen molar-refractivity contribution < 1.29 is 24.5 Å². The number of carbonyl (C=O) groups excluding carboxylic acids is 2. The lowest BCUT2D eigenvalue weighted by molar-refractivity contribution is -0.201. The summed E-state index contributed by atoms with van der Waals surface area (Å²) in [6, 6.07) is 3.21. The topological polar surface area (TPSA) is 90.3 Å². The fraction of sp³-hybridized carbons (Fsp3) is 0.643. The van der Waals surface area contributed by atoms with E-state index in [4.69, 9.17) is 4.74 Å². The minimum atomic E-state index is -1.01. The molecular formula is C28H34N2O5. The maximum atomic E-state index is 13.4. The van der Waals surface area contributed by atoms with Crippen LogP contribution in [0.15, 0.2) is 23.8 Å². The van der Waals surface area contributed by atoms with Gasteiger partial charge in [-0.3, -0.25) is 19.4 Å². The largest absolute Gasteiger partial charge is 0.504 e. The number of amides is 2. The number of ether oxygens (including phenoxy) is 1. The van der Waals surface area contributed by atoms with Crippen molar-refractivity contribution in [2.75, 3.05) is 13.1 Å². The molecule has 3 aliphatic heterocycles. The van der Waals surface area contributed by atoms with Crippen LogP contribution in [0.2, 0.25) is 0 Å². The van der Waals surface area contributed by atoms with Gasteiger partial charge in [0.1, 0.15) is 6.10 Å². The van der Waals surface area contributed by atoms with Crippen molar-refractivity contribution in [3.63, 3.8) is 0 Å². The fourth-order valence-electron chi connectivity index (χ4n) is 8.13. The number of phenols is 1. The van der Waals surface area contributed by atoms with Crippen LogP contribution in [0.3, 0.4) is 0 Å². The van der Waals surface area contributed by atoms with Crippen molar-refractivity contribution >= 4 is 11.8 Å². The highest BCUT2D eigenvalue weighted by Gasteiger charge is 2.74. The number of aliphatic hydroxyl groups is 1. The molecule has 7 nitrogen and oxygen atoms in total. The molecule has 5 atom stereocenters. The third-order valence-electron chi connectivity index (χ3n) is 9.85. The molecule has 7 heteroatoms. The van der Waals surface area contributed by atoms with Gasteiger partial charge in [0, 0.05) is 23.7 Å². The Hall–Kier alpha value is -2.38. The standard InChI is InChI=1S/C28H34N2O5/c1-2-3-4-18-14-22(32)30(26(18)33)19-9-10-28(34)21-13-17-7-8-20(31)24-23(17)27(28,25(19)35-24)11-12-29(21)15-16-5-6-16/h4,7-8,16,19,21,25,31,34H,2-3,5-6,9-15H2,1H3/t19-,21-,25+,27+,28?/m1/s1. The van der Waals surface area contributed by atoms with Gasteiger partial charge < -0.3 is 14.9 Å². The molecule has 4 fully saturated rings. The summed E-state index contributed by atoms with van der Waals surface area (Å²) < 4.78 is 6.55. The van der Waals surface area contributed by atoms with Gasteiger partial charge in [-0.1, -0.05) is 25.5 Å². The van der Waals surface area contributed by atoms with Gasteiger partial charge in [-0.2, -0.15) is 0 Å². The zero-order valence-electron chi connectivity index (χ0n) is 20.3. The zero-order valence-corrected chi connectivity index (χ0v) is 20.3. The van der Waals surface area contributed by atoms with E-state index >= 15 is 0 Å². The molecule has 2 amide bonds. The maximum Gasteiger partial charge on any atom is 0.256 e. The summed E-state index contributed by atoms with van der Waals surface area (Å²) in [6.07, 6.45) is 8.19. The van der Waals surface area contributed by atoms with E-state index in [-0.39, 0.29) is 30.0 Å². The highest BCUT2D eigenvalue weighted by atomic mass is 16.5. The van der Waals surface area contributed by atoms with Crippen LogP contribution >= 0.6 is 0 Å². The summed E-state index contributed by atoms with van der Waals surface area (Å²) in [5.74, 6) is 0.872. The normalized spacial score (nSPS) is 38.7. The first-order valence-electron chi connectivity index (χ1n) is 13.4. The number of likely N-dealkylation sites (tertiary alicyclic amines) is 2. The summed E-state index contributed by atoms with van der Waals surface area (Å²) in [5, 5.41) is 23.4. The molecule has 2 saturated carbocycles. The quantitative estimate of drug-likeness (QED) is 0.500. The minimum absolute atomic E-state index is 0.0168. The number of rotatable bonds is 5. The van der Waals surface area contributed by atoms with E-state index in [0.717, 1.165) is 49.4 Å². The van der Waals surface area contributed by atoms with E-state index in [9.17, 15) is 19.8 Å². The van der Waals surface area contributed by atoms with Crippen LogP contribution in [0, 0.1) is 5.92 Å². The molecule has 1 unspecified atom stereocenters. The number of nitrogens with zero attached hydrogens (tertiary/aromatic N) is 2. The molecular weight excluding hydrogens is 444 g/mol. The van der Waals surface area contributed by atoms with Gasteiger partial charge in [0.15, 0.2) is 11.5 Å². The fourth-order valence-corrected chi connectivity index (χ4v) is 8.13. The monoisotopic (exact) mass is 478 g/mol. The molecule has 35 heavy (non-hydrogen) atoms. The van der Waals surface area contributed by atoms with Gasteiger partial charge in [0.05, 0.1) is 23.5 Å². The predicted octanol–water partition coefficient (Wildman–Crippen LogP) is 2.81. The Labute approximate surface area is 205 Å². The lowest BCUT2D eigenvalue weighted by atomic mass is 9.48. The third kappa shape index (κ3) is 2.74. The highest BCUT2D eigenvalue weighted by Crippen LogP contribution is 2.66. The number of allylic oxidation sites excluding steroid dienone is 1. The Balaban J connectivity index is 1.33. The molecule has 0 radical (unpaired) electrons. The molecule has 6 aliphatic rings. The first-order valence-corrected chi connectivity index (χ1v) is 13.4. The van der Waals surface area contributed by atoms with Crippen LogP contribution in [0.1, 0.15) is 69.4 Å². The first kappa shape index (κ1) is 21.9. The number of aromatic hydroxyl groups is 1. The van der Waals surface area contributed by atoms with E-state index in [1.54, 1.807) is 6.07 Å². The Bertz CT molecular complexity index is 1160. The number of piperidine rings is 1. The maximum absolute atomic E-state index is 13.4. The van der Waals surface area contributed by atoms with Crippen molar-refractivity contribution in [3.05, 3.63) is 34.9 Å². The summed E-state index contributed by atoms with van der Waals surface area (Å²) >= 11 is 0. The van der Waals surface area contributed by atoms with Crippen LogP contribution < -0.4 is 4.74 Å². The van der Waals surface area contributed by atoms with Crippen LogP contribution in [-0.4, -0.2) is 68.7 Å². The molecule has 0 aromatic heterocycles. The van der Waals surface area contributed by atoms with Gasteiger partial charge in [0.25, 0.3) is 5.91 Å². The molecule has 1 aromatic rings. The number of hydrogen-bond donors (Lipinski definition) is 2. The average Bonchev–Trinajstić information content (AvgIpc) is 3.51. The number of carbonyl (C=O) groups is 2. The number of imide groups is 1. The number of phenolic OH excluding ortho intramolecular Hbond substituents is 1. The first-order chi connectivity index (χ1) is 16.9. The second kappa shape index (κ2) is 7.32. The van der Waals surface area contributed by atoms with Gasteiger partial charge in [-0.25, -0.2) is 0 Å². The van der Waals surface area contributed by atoms with Crippen molar-refractivity contribution in [3.8, 4) is 11.5 Å². The van der Waals surface area contributed by atoms with Crippen LogP contribution in [0.25, 0.3) is 0 Å². The molecule has 7 rings (SSSR count). The second-order valence-electron chi connectivity index (χ2n) is 11.7. The van der Waals surface area contributed by atoms with Crippen LogP contribution in [-0.2, 0) is 21.4 Å². The lowest BCUT2D eigenvalue weighted by Gasteiger charge is -2.64. The van der Waals surface area contributed by atoms with E-state index in [0.29, 0.717) is 30.6 Å². The number of unbranched alkanes of at least 4 members (excludes halogenated alkanes) is 1. The Morgan fingerprint density at radius 1 is 1.20 bits per heavy atom. The van der Waals surface area contributed by atoms with E-state index in [1.165, 1.54) is 17.7 Å². The summed E-state index contributed by atoms with van der Waals surface area (Å²) in [4.78, 5) is 30.5. The summed E-state index contributed by atoms with van der Waals surface area (Å²) in [5.41, 5.74) is 0.894. The van der Waals surface area contributed by atoms with Gasteiger partial charge in [0.2, 0.25) is 5.91 Å². The molecule has 2 bridgehead atoms. The number of benzene rings is 1. The van der Waals surface area contributed by atoms with E-state index < -0.39 is 23.2 Å². The average molecular weight is 479 g/mol. The molecule has 1 spiro atoms. The molecule has 2 N–H and O–H groups in total. The van der Waals surface area contributed by atoms with Crippen molar-refractivity contribution in [2.24, 2.45) is 5.92 Å². The lowest BCUT2D eigenvalue weighted by Crippen LogP contribution is -2.78. The Morgan fingerprint density at radius 2 is 2.03 bits per heavy atom. The SMILES string of the molecule is CCCC=C1CC(=O)N([C@@H]2CCC3(O)[C@H]4Cc5ccc(O)c6c5[C@@]3(CCN4CC3CC3)[C@H]2O6)C1=O. The summed E-state index contributed by atoms with van der Waals surface area (Å²) in [6.45, 7) is 3.93. The Morgan fingerprint density at radius 3 is 2.80 bits per heavy atom. The van der Waals surface area contributed by atoms with Gasteiger partial charge in [-0.05, 0) is 69.0 Å². The molecule has 3 heterocycles. The van der Waals surface area contributed by atoms with Crippen molar-refractivity contribution in [1.29, 1.82) is 0 Å². The molecule has 186 valence electrons. The predicted molar refractivity (Wildman–Crippen MR) is 128 cm³/mol. The number of hydrogen-bond acceptors (Lipinski definition) is 6. The zero-order chi connectivity index (χ0) is 24.1. The van der Waals surface area contributed by atoms with Crippen molar-refractivity contribution in [2.45, 2.75) is 93.9 Å². The molecule has 1 aromatic carbocycles. The molecule has 3 aliphatic carbocycles. The van der Waals surface area contributed by atoms with Crippen LogP contribution in [0.4, 0.5) is 0 Å². The molecule has 2 saturated heterocycles. The highest BCUT2D eigenvalue weighted by molar-refractivity contribution is 6.13. The van der Waals surface area contributed by atoms with E-state index in [1.807, 2.05) is 12.1 Å². The second-order valence-corrected chi connectivity index (χ2v) is 11.7. The van der Waals surface area contributed by atoms with Gasteiger partial charge in [-0.15, -0.1) is 0 Å².